The summed E-state index contributed by atoms with van der Waals surface area (Å²) in [6.45, 7) is 0. The number of hydrogen-bond acceptors (Lipinski definition) is 9. The first-order valence-electron chi connectivity index (χ1n) is 6.87. The first-order valence-corrected chi connectivity index (χ1v) is 9.25. The molecule has 8 nitrogen and oxygen atoms in total. The summed E-state index contributed by atoms with van der Waals surface area (Å²) in [6, 6.07) is 14.0. The van der Waals surface area contributed by atoms with E-state index in [1.807, 2.05) is 12.1 Å². The van der Waals surface area contributed by atoms with Crippen LogP contribution in [0.4, 0.5) is 5.69 Å². The van der Waals surface area contributed by atoms with Gasteiger partial charge in [0.15, 0.2) is 0 Å². The van der Waals surface area contributed by atoms with Crippen molar-refractivity contribution in [1.82, 2.24) is 0 Å². The molecular weight excluding hydrogens is 384 g/mol. The molecule has 0 fully saturated rings. The van der Waals surface area contributed by atoms with Crippen LogP contribution in [0.25, 0.3) is 0 Å². The van der Waals surface area contributed by atoms with E-state index in [1.165, 1.54) is 11.9 Å². The maximum atomic E-state index is 10.5. The Morgan fingerprint density at radius 1 is 0.920 bits per heavy atom. The minimum Gasteiger partial charge on any atom is -0.250 e. The summed E-state index contributed by atoms with van der Waals surface area (Å²) >= 11 is 2.62. The lowest BCUT2D eigenvalue weighted by Gasteiger charge is -2.14. The van der Waals surface area contributed by atoms with Gasteiger partial charge in [0.05, 0.1) is 20.7 Å². The van der Waals surface area contributed by atoms with E-state index in [1.54, 1.807) is 47.0 Å². The first kappa shape index (κ1) is 17.6. The second kappa shape index (κ2) is 7.76. The molecule has 0 spiro atoms. The number of nitrogens with zero attached hydrogens (tertiary/aromatic N) is 4. The predicted octanol–water partition coefficient (Wildman–Crippen LogP) is 4.45. The van der Waals surface area contributed by atoms with Gasteiger partial charge in [-0.25, -0.2) is 4.41 Å². The zero-order valence-corrected chi connectivity index (χ0v) is 14.9. The Labute approximate surface area is 155 Å². The van der Waals surface area contributed by atoms with E-state index in [0.29, 0.717) is 33.7 Å². The van der Waals surface area contributed by atoms with Gasteiger partial charge >= 0.3 is 0 Å². The molecule has 11 heteroatoms. The summed E-state index contributed by atoms with van der Waals surface area (Å²) in [6.07, 6.45) is 1.79. The van der Waals surface area contributed by atoms with Gasteiger partial charge in [0, 0.05) is 6.21 Å². The fourth-order valence-corrected chi connectivity index (χ4v) is 3.90. The van der Waals surface area contributed by atoms with Crippen molar-refractivity contribution in [2.75, 3.05) is 4.41 Å². The number of hydrogen-bond donors (Lipinski definition) is 0. The van der Waals surface area contributed by atoms with Gasteiger partial charge in [-0.15, -0.1) is 0 Å². The third kappa shape index (κ3) is 4.65. The van der Waals surface area contributed by atoms with Crippen molar-refractivity contribution in [2.24, 2.45) is 5.10 Å². The van der Waals surface area contributed by atoms with Crippen LogP contribution in [0, 0.1) is 20.2 Å². The van der Waals surface area contributed by atoms with Crippen molar-refractivity contribution >= 4 is 47.7 Å². The van der Waals surface area contributed by atoms with Crippen molar-refractivity contribution in [3.63, 3.8) is 0 Å². The molecule has 0 saturated carbocycles. The number of rotatable bonds is 6. The molecule has 1 atom stereocenters. The highest BCUT2D eigenvalue weighted by Gasteiger charge is 2.22. The molecule has 2 aromatic carbocycles. The molecule has 0 aromatic heterocycles. The summed E-state index contributed by atoms with van der Waals surface area (Å²) in [7, 11) is 0. The van der Waals surface area contributed by atoms with E-state index in [2.05, 4.69) is 5.10 Å². The highest BCUT2D eigenvalue weighted by Crippen LogP contribution is 2.39. The molecule has 0 radical (unpaired) electrons. The lowest BCUT2D eigenvalue weighted by atomic mass is 10.2. The third-order valence-corrected chi connectivity index (χ3v) is 5.54. The lowest BCUT2D eigenvalue weighted by Crippen LogP contribution is -2.01. The van der Waals surface area contributed by atoms with Crippen LogP contribution in [-0.2, 0) is 0 Å². The Hall–Kier alpha value is -2.24. The average Bonchev–Trinajstić information content (AvgIpc) is 3.05. The SMILES string of the molecule is O=[N+]([O-])Sc1ccc(C2C=NN(c3ccc(S[N+](=O)[O-])cc3)S2)cc1. The maximum absolute atomic E-state index is 10.5. The topological polar surface area (TPSA) is 102 Å². The van der Waals surface area contributed by atoms with Crippen LogP contribution in [0.15, 0.2) is 63.4 Å². The van der Waals surface area contributed by atoms with Crippen LogP contribution in [0.2, 0.25) is 0 Å². The van der Waals surface area contributed by atoms with Gasteiger partial charge in [0.2, 0.25) is 0 Å². The highest BCUT2D eigenvalue weighted by atomic mass is 32.2. The van der Waals surface area contributed by atoms with E-state index in [-0.39, 0.29) is 5.25 Å². The first-order chi connectivity index (χ1) is 12.0. The van der Waals surface area contributed by atoms with E-state index in [4.69, 9.17) is 0 Å². The normalized spacial score (nSPS) is 16.2. The highest BCUT2D eigenvalue weighted by molar-refractivity contribution is 8.01. The quantitative estimate of drug-likeness (QED) is 0.402. The Morgan fingerprint density at radius 3 is 1.96 bits per heavy atom. The maximum Gasteiger partial charge on any atom is 0.265 e. The van der Waals surface area contributed by atoms with E-state index in [0.717, 1.165) is 11.3 Å². The number of nitro groups is 2. The predicted molar refractivity (Wildman–Crippen MR) is 99.9 cm³/mol. The molecule has 1 unspecified atom stereocenters. The molecule has 1 aliphatic rings. The van der Waals surface area contributed by atoms with Crippen LogP contribution in [0.3, 0.4) is 0 Å². The summed E-state index contributed by atoms with van der Waals surface area (Å²) in [5, 5.41) is 25.3. The smallest absolute Gasteiger partial charge is 0.250 e. The molecule has 0 aliphatic carbocycles. The molecule has 0 N–H and O–H groups in total. The third-order valence-electron chi connectivity index (χ3n) is 3.15. The van der Waals surface area contributed by atoms with E-state index >= 15 is 0 Å². The molecule has 2 aromatic rings. The van der Waals surface area contributed by atoms with Gasteiger partial charge < -0.3 is 0 Å². The van der Waals surface area contributed by atoms with Gasteiger partial charge in [-0.1, -0.05) is 12.1 Å². The summed E-state index contributed by atoms with van der Waals surface area (Å²) in [4.78, 5) is 22.1. The minimum absolute atomic E-state index is 0.00230. The Morgan fingerprint density at radius 2 is 1.44 bits per heavy atom. The largest absolute Gasteiger partial charge is 0.265 e. The Bertz CT molecular complexity index is 746. The van der Waals surface area contributed by atoms with Crippen molar-refractivity contribution in [3.05, 3.63) is 74.3 Å². The van der Waals surface area contributed by atoms with Gasteiger partial charge in [-0.2, -0.15) is 5.10 Å². The van der Waals surface area contributed by atoms with Crippen LogP contribution < -0.4 is 4.41 Å². The average molecular weight is 394 g/mol. The van der Waals surface area contributed by atoms with Crippen molar-refractivity contribution < 1.29 is 8.66 Å². The molecule has 25 heavy (non-hydrogen) atoms. The molecular formula is C14H10N4O4S3. The Kier molecular flexibility index (Phi) is 5.46. The zero-order valence-electron chi connectivity index (χ0n) is 12.4. The van der Waals surface area contributed by atoms with Crippen LogP contribution in [-0.4, -0.2) is 14.9 Å². The summed E-state index contributed by atoms with van der Waals surface area (Å²) in [5.41, 5.74) is 1.81. The number of hydrazone groups is 1. The Balaban J connectivity index is 1.64. The lowest BCUT2D eigenvalue weighted by molar-refractivity contribution is -0.284. The second-order valence-electron chi connectivity index (χ2n) is 4.76. The van der Waals surface area contributed by atoms with Gasteiger partial charge in [-0.3, -0.25) is 20.2 Å². The fraction of sp³-hybridized carbons (Fsp3) is 0.0714. The van der Waals surface area contributed by atoms with Crippen molar-refractivity contribution in [3.8, 4) is 0 Å². The molecule has 3 rings (SSSR count). The van der Waals surface area contributed by atoms with Gasteiger partial charge in [0.25, 0.3) is 23.9 Å². The van der Waals surface area contributed by atoms with Crippen molar-refractivity contribution in [2.45, 2.75) is 15.0 Å². The monoisotopic (exact) mass is 394 g/mol. The molecule has 0 amide bonds. The van der Waals surface area contributed by atoms with Crippen LogP contribution >= 0.6 is 35.8 Å². The zero-order chi connectivity index (χ0) is 17.8. The molecule has 0 bridgehead atoms. The number of benzene rings is 2. The van der Waals surface area contributed by atoms with Crippen molar-refractivity contribution in [1.29, 1.82) is 0 Å². The summed E-state index contributed by atoms with van der Waals surface area (Å²) in [5.74, 6) is 0. The number of anilines is 1. The molecule has 1 heterocycles. The molecule has 1 aliphatic heterocycles. The van der Waals surface area contributed by atoms with E-state index < -0.39 is 8.66 Å². The summed E-state index contributed by atoms with van der Waals surface area (Å²) < 4.78 is 0.850. The minimum atomic E-state index is -0.450. The molecule has 0 saturated heterocycles. The van der Waals surface area contributed by atoms with Crippen LogP contribution in [0.1, 0.15) is 10.8 Å². The standard InChI is InChI=1S/C14H10N4O4S3/c19-17(20)23-12-5-1-10(2-6-12)14-9-15-16(25-14)11-3-7-13(8-4-11)24-18(21)22/h1-9,14H. The fourth-order valence-electron chi connectivity index (χ4n) is 2.08. The second-order valence-corrected chi connectivity index (χ2v) is 7.73. The molecule has 128 valence electrons. The van der Waals surface area contributed by atoms with Gasteiger partial charge in [-0.05, 0) is 53.9 Å². The van der Waals surface area contributed by atoms with Gasteiger partial charge in [0.1, 0.15) is 8.66 Å². The van der Waals surface area contributed by atoms with Crippen LogP contribution in [0.5, 0.6) is 0 Å². The van der Waals surface area contributed by atoms with E-state index in [9.17, 15) is 20.2 Å².